The maximum absolute atomic E-state index is 13.4. The predicted molar refractivity (Wildman–Crippen MR) is 218 cm³/mol. The molecule has 5 amide bonds. The van der Waals surface area contributed by atoms with Crippen molar-refractivity contribution in [3.8, 4) is 11.8 Å². The van der Waals surface area contributed by atoms with E-state index in [2.05, 4.69) is 69.3 Å². The van der Waals surface area contributed by atoms with E-state index >= 15 is 0 Å². The van der Waals surface area contributed by atoms with E-state index < -0.39 is 40.5 Å². The molecular weight excluding hydrogens is 774 g/mol. The Morgan fingerprint density at radius 2 is 1.59 bits per heavy atom. The van der Waals surface area contributed by atoms with Gasteiger partial charge in [0.05, 0.1) is 21.7 Å². The second kappa shape index (κ2) is 15.5. The maximum Gasteiger partial charge on any atom is 0.272 e. The summed E-state index contributed by atoms with van der Waals surface area (Å²) in [5.41, 5.74) is 1.31. The lowest BCUT2D eigenvalue weighted by Gasteiger charge is -2.63. The molecule has 0 radical (unpaired) electrons. The van der Waals surface area contributed by atoms with Crippen LogP contribution in [0.2, 0.25) is 5.02 Å². The molecule has 2 N–H and O–H groups in total. The van der Waals surface area contributed by atoms with Crippen molar-refractivity contribution in [3.63, 3.8) is 0 Å². The first-order chi connectivity index (χ1) is 28.1. The lowest BCUT2D eigenvalue weighted by atomic mass is 9.49. The molecule has 4 fully saturated rings. The second-order valence-electron chi connectivity index (χ2n) is 17.5. The third kappa shape index (κ3) is 7.48. The monoisotopic (exact) mass is 821 g/mol. The van der Waals surface area contributed by atoms with Crippen molar-refractivity contribution in [2.24, 2.45) is 16.7 Å². The minimum atomic E-state index is -0.979. The molecule has 3 aromatic rings. The molecule has 3 saturated heterocycles. The van der Waals surface area contributed by atoms with E-state index in [-0.39, 0.29) is 42.2 Å². The summed E-state index contributed by atoms with van der Waals surface area (Å²) >= 11 is 6.24. The second-order valence-corrected chi connectivity index (χ2v) is 17.9. The number of hydrogen-bond donors (Lipinski definition) is 2. The fourth-order valence-electron chi connectivity index (χ4n) is 9.97. The summed E-state index contributed by atoms with van der Waals surface area (Å²) < 4.78 is 6.35. The lowest BCUT2D eigenvalue weighted by Crippen LogP contribution is -2.74. The molecule has 1 atom stereocenters. The first-order valence-electron chi connectivity index (χ1n) is 20.2. The van der Waals surface area contributed by atoms with Crippen LogP contribution in [0.25, 0.3) is 0 Å². The summed E-state index contributed by atoms with van der Waals surface area (Å²) in [5, 5.41) is 23.7. The summed E-state index contributed by atoms with van der Waals surface area (Å²) in [6.07, 6.45) is 1.99. The van der Waals surface area contributed by atoms with Crippen molar-refractivity contribution < 1.29 is 28.7 Å². The lowest BCUT2D eigenvalue weighted by molar-refractivity contribution is -0.164. The van der Waals surface area contributed by atoms with Crippen molar-refractivity contribution in [3.05, 3.63) is 75.9 Å². The van der Waals surface area contributed by atoms with E-state index in [1.54, 1.807) is 36.4 Å². The Bertz CT molecular complexity index is 2230. The number of anilines is 2. The van der Waals surface area contributed by atoms with Gasteiger partial charge in [-0.25, -0.2) is 0 Å². The molecule has 16 heteroatoms. The highest BCUT2D eigenvalue weighted by Gasteiger charge is 2.64. The van der Waals surface area contributed by atoms with Crippen LogP contribution >= 0.6 is 11.6 Å². The number of fused-ring (bicyclic) bond motifs is 1. The summed E-state index contributed by atoms with van der Waals surface area (Å²) in [6, 6.07) is 14.8. The van der Waals surface area contributed by atoms with Crippen molar-refractivity contribution in [1.29, 1.82) is 5.26 Å². The van der Waals surface area contributed by atoms with Crippen LogP contribution in [-0.2, 0) is 9.59 Å². The third-order valence-corrected chi connectivity index (χ3v) is 13.2. The van der Waals surface area contributed by atoms with Gasteiger partial charge in [-0.3, -0.25) is 39.1 Å². The Morgan fingerprint density at radius 1 is 0.881 bits per heavy atom. The number of piperidine rings is 2. The molecule has 15 nitrogen and oxygen atoms in total. The molecule has 2 aromatic carbocycles. The van der Waals surface area contributed by atoms with E-state index in [1.165, 1.54) is 0 Å². The number of benzene rings is 2. The summed E-state index contributed by atoms with van der Waals surface area (Å²) in [6.45, 7) is 14.3. The number of rotatable bonds is 9. The van der Waals surface area contributed by atoms with E-state index in [0.717, 1.165) is 75.1 Å². The number of amides is 5. The van der Waals surface area contributed by atoms with Crippen molar-refractivity contribution in [2.75, 3.05) is 55.6 Å². The number of nitriles is 1. The molecule has 1 aromatic heterocycles. The molecule has 4 aliphatic heterocycles. The highest BCUT2D eigenvalue weighted by atomic mass is 35.5. The van der Waals surface area contributed by atoms with Gasteiger partial charge in [-0.15, -0.1) is 10.2 Å². The predicted octanol–water partition coefficient (Wildman–Crippen LogP) is 4.05. The summed E-state index contributed by atoms with van der Waals surface area (Å²) in [5.74, 6) is -0.447. The fourth-order valence-corrected chi connectivity index (χ4v) is 10.2. The van der Waals surface area contributed by atoms with Gasteiger partial charge in [-0.2, -0.15) is 5.26 Å². The van der Waals surface area contributed by atoms with Gasteiger partial charge in [-0.1, -0.05) is 39.3 Å². The zero-order chi connectivity index (χ0) is 41.8. The first kappa shape index (κ1) is 40.2. The Kier molecular flexibility index (Phi) is 10.6. The highest BCUT2D eigenvalue weighted by Crippen LogP contribution is 2.55. The molecule has 308 valence electrons. The third-order valence-electron chi connectivity index (χ3n) is 12.9. The maximum atomic E-state index is 13.4. The number of nitrogens with zero attached hydrogens (tertiary/aromatic N) is 7. The van der Waals surface area contributed by atoms with Crippen LogP contribution in [0.3, 0.4) is 0 Å². The Hall–Kier alpha value is -5.59. The van der Waals surface area contributed by atoms with Gasteiger partial charge in [0.1, 0.15) is 24.0 Å². The van der Waals surface area contributed by atoms with E-state index in [4.69, 9.17) is 16.3 Å². The van der Waals surface area contributed by atoms with Crippen LogP contribution in [0.4, 0.5) is 11.5 Å². The van der Waals surface area contributed by atoms with Gasteiger partial charge in [0.25, 0.3) is 17.7 Å². The van der Waals surface area contributed by atoms with Crippen LogP contribution in [0.15, 0.2) is 48.5 Å². The minimum Gasteiger partial charge on any atom is -0.489 e. The smallest absolute Gasteiger partial charge is 0.272 e. The van der Waals surface area contributed by atoms with Crippen molar-refractivity contribution in [2.45, 2.75) is 71.6 Å². The van der Waals surface area contributed by atoms with Crippen LogP contribution in [0.1, 0.15) is 90.1 Å². The van der Waals surface area contributed by atoms with Crippen LogP contribution in [0.5, 0.6) is 5.75 Å². The average Bonchev–Trinajstić information content (AvgIpc) is 3.47. The molecule has 1 aliphatic carbocycles. The molecule has 1 unspecified atom stereocenters. The van der Waals surface area contributed by atoms with Gasteiger partial charge in [0.15, 0.2) is 11.5 Å². The van der Waals surface area contributed by atoms with Crippen LogP contribution in [-0.4, -0.2) is 114 Å². The molecule has 8 rings (SSSR count). The van der Waals surface area contributed by atoms with Crippen LogP contribution in [0, 0.1) is 28.1 Å². The molecule has 59 heavy (non-hydrogen) atoms. The molecule has 1 saturated carbocycles. The number of nitrogens with one attached hydrogen (secondary N) is 2. The van der Waals surface area contributed by atoms with Gasteiger partial charge >= 0.3 is 0 Å². The normalized spacial score (nSPS) is 24.3. The van der Waals surface area contributed by atoms with E-state index in [9.17, 15) is 29.2 Å². The number of piperazine rings is 1. The quantitative estimate of drug-likeness (QED) is 0.296. The Morgan fingerprint density at radius 3 is 2.24 bits per heavy atom. The average molecular weight is 822 g/mol. The largest absolute Gasteiger partial charge is 0.489 e. The Balaban J connectivity index is 0.789. The fraction of sp³-hybridized carbons (Fsp3) is 0.488. The topological polar surface area (TPSA) is 181 Å². The first-order valence-corrected chi connectivity index (χ1v) is 20.6. The number of carbonyl (C=O) groups excluding carboxylic acids is 5. The van der Waals surface area contributed by atoms with Crippen LogP contribution < -0.4 is 25.2 Å². The molecular formula is C43H48ClN9O6. The minimum absolute atomic E-state index is 0.0861. The summed E-state index contributed by atoms with van der Waals surface area (Å²) in [4.78, 5) is 71.9. The molecule has 0 bridgehead atoms. The number of imide groups is 2. The number of hydrogen-bond acceptors (Lipinski definition) is 12. The Labute approximate surface area is 348 Å². The standard InChI is InChI=1S/C43H48ClN9O6/c1-42(2)40(43(3,4)41(42)59-28-7-5-26(23-45)31(44)22-28)47-36(55)32-9-11-34(49-48-32)52-19-17-50(18-20-52)24-25-13-15-51(16-14-25)27-6-8-29-30(21-27)39(58)53(38(29)57)33-10-12-35(54)46-37(33)56/h5-9,11,21-22,25,33,40-41H,10,12-20,24H2,1-4H3,(H,47,55)(H,46,54,56)/t33?,40-,41-. The number of ether oxygens (including phenoxy) is 1. The van der Waals surface area contributed by atoms with E-state index in [1.807, 2.05) is 12.1 Å². The van der Waals surface area contributed by atoms with Gasteiger partial charge in [0.2, 0.25) is 11.8 Å². The van der Waals surface area contributed by atoms with Gasteiger partial charge in [-0.05, 0) is 67.6 Å². The molecule has 0 spiro atoms. The number of aromatic nitrogens is 2. The number of halogens is 1. The van der Waals surface area contributed by atoms with Gasteiger partial charge in [0, 0.05) is 80.9 Å². The van der Waals surface area contributed by atoms with E-state index in [0.29, 0.717) is 27.8 Å². The van der Waals surface area contributed by atoms with Crippen molar-refractivity contribution in [1.82, 2.24) is 30.6 Å². The SMILES string of the molecule is CC1(C)[C@H](NC(=O)c2ccc(N3CCN(CC4CCN(c5ccc6c(c5)C(=O)N(C5CCC(=O)NC5=O)C6=O)CC4)CC3)nn2)C(C)(C)[C@H]1Oc1ccc(C#N)c(Cl)c1. The molecule has 5 aliphatic rings. The molecule has 5 heterocycles. The zero-order valence-electron chi connectivity index (χ0n) is 33.7. The number of carbonyl (C=O) groups is 5. The zero-order valence-corrected chi connectivity index (χ0v) is 34.4. The summed E-state index contributed by atoms with van der Waals surface area (Å²) in [7, 11) is 0. The van der Waals surface area contributed by atoms with Gasteiger partial charge < -0.3 is 19.9 Å². The van der Waals surface area contributed by atoms with Crippen molar-refractivity contribution >= 4 is 52.6 Å². The highest BCUT2D eigenvalue weighted by molar-refractivity contribution is 6.31.